The van der Waals surface area contributed by atoms with Gasteiger partial charge in [-0.1, -0.05) is 13.8 Å². The molecule has 8 nitrogen and oxygen atoms in total. The van der Waals surface area contributed by atoms with Gasteiger partial charge < -0.3 is 10.7 Å². The van der Waals surface area contributed by atoms with E-state index < -0.39 is 31.7 Å². The summed E-state index contributed by atoms with van der Waals surface area (Å²) in [5.74, 6) is 0. The van der Waals surface area contributed by atoms with Crippen LogP contribution in [-0.4, -0.2) is 30.5 Å². The Labute approximate surface area is 110 Å². The van der Waals surface area contributed by atoms with Crippen molar-refractivity contribution in [2.75, 3.05) is 6.54 Å². The molecule has 5 N–H and O–H groups in total. The molecule has 0 aliphatic carbocycles. The molecule has 0 atom stereocenters. The van der Waals surface area contributed by atoms with E-state index in [1.807, 2.05) is 18.8 Å². The summed E-state index contributed by atoms with van der Waals surface area (Å²) in [5.41, 5.74) is 3.58. The van der Waals surface area contributed by atoms with E-state index in [2.05, 4.69) is 9.71 Å². The Morgan fingerprint density at radius 3 is 2.37 bits per heavy atom. The SMILES string of the molecule is CCC(N)(CC)CNS(=O)(=O)c1c[nH]c(=O)[nH]c1=O. The van der Waals surface area contributed by atoms with Crippen LogP contribution in [0.5, 0.6) is 0 Å². The van der Waals surface area contributed by atoms with Crippen LogP contribution in [0.4, 0.5) is 0 Å². The average molecular weight is 290 g/mol. The van der Waals surface area contributed by atoms with Gasteiger partial charge in [0.25, 0.3) is 5.56 Å². The van der Waals surface area contributed by atoms with Gasteiger partial charge in [-0.15, -0.1) is 0 Å². The van der Waals surface area contributed by atoms with Crippen LogP contribution < -0.4 is 21.7 Å². The highest BCUT2D eigenvalue weighted by Crippen LogP contribution is 2.10. The van der Waals surface area contributed by atoms with Crippen LogP contribution in [0.15, 0.2) is 20.7 Å². The maximum atomic E-state index is 11.9. The number of sulfonamides is 1. The normalized spacial score (nSPS) is 12.6. The van der Waals surface area contributed by atoms with Crippen LogP contribution in [-0.2, 0) is 10.0 Å². The summed E-state index contributed by atoms with van der Waals surface area (Å²) in [7, 11) is -4.00. The predicted molar refractivity (Wildman–Crippen MR) is 70.4 cm³/mol. The number of nitrogens with two attached hydrogens (primary N) is 1. The highest BCUT2D eigenvalue weighted by molar-refractivity contribution is 7.89. The van der Waals surface area contributed by atoms with E-state index in [4.69, 9.17) is 5.73 Å². The molecule has 0 bridgehead atoms. The molecule has 0 saturated heterocycles. The van der Waals surface area contributed by atoms with Crippen molar-refractivity contribution in [3.8, 4) is 0 Å². The Morgan fingerprint density at radius 2 is 1.89 bits per heavy atom. The molecule has 0 aromatic carbocycles. The van der Waals surface area contributed by atoms with E-state index in [1.54, 1.807) is 0 Å². The summed E-state index contributed by atoms with van der Waals surface area (Å²) in [6, 6.07) is 0. The third kappa shape index (κ3) is 3.75. The number of hydrogen-bond donors (Lipinski definition) is 4. The van der Waals surface area contributed by atoms with Gasteiger partial charge in [-0.05, 0) is 12.8 Å². The van der Waals surface area contributed by atoms with Gasteiger partial charge in [0, 0.05) is 18.3 Å². The van der Waals surface area contributed by atoms with E-state index in [0.29, 0.717) is 12.8 Å². The number of H-pyrrole nitrogens is 2. The molecule has 108 valence electrons. The van der Waals surface area contributed by atoms with Crippen molar-refractivity contribution in [2.24, 2.45) is 5.73 Å². The van der Waals surface area contributed by atoms with Crippen molar-refractivity contribution >= 4 is 10.0 Å². The first kappa shape index (κ1) is 15.6. The third-order valence-corrected chi connectivity index (χ3v) is 4.50. The second-order valence-electron chi connectivity index (χ2n) is 4.33. The van der Waals surface area contributed by atoms with Crippen molar-refractivity contribution < 1.29 is 8.42 Å². The number of nitrogens with one attached hydrogen (secondary N) is 3. The molecule has 0 saturated carbocycles. The van der Waals surface area contributed by atoms with Crippen LogP contribution in [0.2, 0.25) is 0 Å². The van der Waals surface area contributed by atoms with Gasteiger partial charge in [-0.3, -0.25) is 9.78 Å². The van der Waals surface area contributed by atoms with Crippen molar-refractivity contribution in [1.82, 2.24) is 14.7 Å². The predicted octanol–water partition coefficient (Wildman–Crippen LogP) is -1.14. The first-order chi connectivity index (χ1) is 8.74. The molecule has 1 rings (SSSR count). The molecule has 0 radical (unpaired) electrons. The molecule has 0 fully saturated rings. The van der Waals surface area contributed by atoms with Gasteiger partial charge in [0.2, 0.25) is 10.0 Å². The fraction of sp³-hybridized carbons (Fsp3) is 0.600. The largest absolute Gasteiger partial charge is 0.325 e. The van der Waals surface area contributed by atoms with Gasteiger partial charge >= 0.3 is 5.69 Å². The van der Waals surface area contributed by atoms with E-state index in [1.165, 1.54) is 0 Å². The lowest BCUT2D eigenvalue weighted by Crippen LogP contribution is -2.49. The zero-order chi connectivity index (χ0) is 14.7. The fourth-order valence-electron chi connectivity index (χ4n) is 1.41. The lowest BCUT2D eigenvalue weighted by molar-refractivity contribution is 0.391. The summed E-state index contributed by atoms with van der Waals surface area (Å²) < 4.78 is 26.2. The van der Waals surface area contributed by atoms with E-state index in [-0.39, 0.29) is 6.54 Å². The monoisotopic (exact) mass is 290 g/mol. The zero-order valence-corrected chi connectivity index (χ0v) is 11.6. The average Bonchev–Trinajstić information content (AvgIpc) is 2.35. The molecule has 19 heavy (non-hydrogen) atoms. The summed E-state index contributed by atoms with van der Waals surface area (Å²) in [6.07, 6.45) is 2.04. The zero-order valence-electron chi connectivity index (χ0n) is 10.8. The van der Waals surface area contributed by atoms with Crippen LogP contribution >= 0.6 is 0 Å². The molecule has 1 heterocycles. The second kappa shape index (κ2) is 5.68. The Balaban J connectivity index is 3.00. The molecule has 0 aliphatic heterocycles. The van der Waals surface area contributed by atoms with Gasteiger partial charge in [-0.2, -0.15) is 0 Å². The van der Waals surface area contributed by atoms with Crippen molar-refractivity contribution in [3.05, 3.63) is 27.0 Å². The molecule has 0 spiro atoms. The molecular weight excluding hydrogens is 272 g/mol. The number of rotatable bonds is 6. The lowest BCUT2D eigenvalue weighted by Gasteiger charge is -2.26. The van der Waals surface area contributed by atoms with E-state index >= 15 is 0 Å². The number of aromatic nitrogens is 2. The smallest absolute Gasteiger partial charge is 0.324 e. The highest BCUT2D eigenvalue weighted by Gasteiger charge is 2.25. The van der Waals surface area contributed by atoms with Crippen LogP contribution in [0.25, 0.3) is 0 Å². The van der Waals surface area contributed by atoms with Gasteiger partial charge in [-0.25, -0.2) is 17.9 Å². The Hall–Kier alpha value is -1.45. The van der Waals surface area contributed by atoms with E-state index in [9.17, 15) is 18.0 Å². The van der Waals surface area contributed by atoms with Crippen LogP contribution in [0, 0.1) is 0 Å². The first-order valence-electron chi connectivity index (χ1n) is 5.84. The highest BCUT2D eigenvalue weighted by atomic mass is 32.2. The van der Waals surface area contributed by atoms with Crippen molar-refractivity contribution in [2.45, 2.75) is 37.1 Å². The van der Waals surface area contributed by atoms with Gasteiger partial charge in [0.05, 0.1) is 0 Å². The topological polar surface area (TPSA) is 138 Å². The summed E-state index contributed by atoms with van der Waals surface area (Å²) >= 11 is 0. The minimum absolute atomic E-state index is 0.0148. The Bertz CT molecular complexity index is 642. The third-order valence-electron chi connectivity index (χ3n) is 3.10. The molecule has 0 aliphatic rings. The standard InChI is InChI=1S/C10H18N4O4S/c1-3-10(11,4-2)6-13-19(17,18)7-5-12-9(16)14-8(7)15/h5,13H,3-4,6,11H2,1-2H3,(H2,12,14,15,16). The summed E-state index contributed by atoms with van der Waals surface area (Å²) in [5, 5.41) is 0. The molecule has 1 aromatic rings. The van der Waals surface area contributed by atoms with Gasteiger partial charge in [0.1, 0.15) is 0 Å². The van der Waals surface area contributed by atoms with Crippen LogP contribution in [0.3, 0.4) is 0 Å². The summed E-state index contributed by atoms with van der Waals surface area (Å²) in [6.45, 7) is 3.72. The maximum absolute atomic E-state index is 11.9. The molecule has 1 aromatic heterocycles. The first-order valence-corrected chi connectivity index (χ1v) is 7.33. The van der Waals surface area contributed by atoms with Crippen molar-refractivity contribution in [1.29, 1.82) is 0 Å². The Morgan fingerprint density at radius 1 is 1.32 bits per heavy atom. The number of aromatic amines is 2. The fourth-order valence-corrected chi connectivity index (χ4v) is 2.56. The van der Waals surface area contributed by atoms with E-state index in [0.717, 1.165) is 6.20 Å². The quantitative estimate of drug-likeness (QED) is 0.524. The molecular formula is C10H18N4O4S. The minimum Gasteiger partial charge on any atom is -0.324 e. The van der Waals surface area contributed by atoms with Gasteiger partial charge in [0.15, 0.2) is 4.90 Å². The Kier molecular flexibility index (Phi) is 4.66. The maximum Gasteiger partial charge on any atom is 0.325 e. The van der Waals surface area contributed by atoms with Crippen molar-refractivity contribution in [3.63, 3.8) is 0 Å². The minimum atomic E-state index is -4.00. The second-order valence-corrected chi connectivity index (χ2v) is 6.07. The summed E-state index contributed by atoms with van der Waals surface area (Å²) in [4.78, 5) is 25.7. The molecule has 0 amide bonds. The molecule has 0 unspecified atom stereocenters. The molecule has 9 heteroatoms. The van der Waals surface area contributed by atoms with Crippen LogP contribution in [0.1, 0.15) is 26.7 Å². The lowest BCUT2D eigenvalue weighted by atomic mass is 9.95. The number of hydrogen-bond acceptors (Lipinski definition) is 5.